The molecule has 2 atom stereocenters. The summed E-state index contributed by atoms with van der Waals surface area (Å²) >= 11 is 0. The van der Waals surface area contributed by atoms with Gasteiger partial charge in [-0.05, 0) is 48.6 Å². The second-order valence-corrected chi connectivity index (χ2v) is 5.06. The molecule has 0 N–H and O–H groups in total. The Morgan fingerprint density at radius 2 is 1.65 bits per heavy atom. The first kappa shape index (κ1) is 14.6. The van der Waals surface area contributed by atoms with Gasteiger partial charge in [-0.1, -0.05) is 32.0 Å². The maximum absolute atomic E-state index is 5.24. The Balaban J connectivity index is 2.29. The van der Waals surface area contributed by atoms with Crippen LogP contribution >= 0.6 is 0 Å². The van der Waals surface area contributed by atoms with Crippen molar-refractivity contribution in [1.29, 1.82) is 0 Å². The minimum Gasteiger partial charge on any atom is -0.497 e. The van der Waals surface area contributed by atoms with Crippen molar-refractivity contribution in [3.05, 3.63) is 59.9 Å². The smallest absolute Gasteiger partial charge is 0.118 e. The topological polar surface area (TPSA) is 22.1 Å². The van der Waals surface area contributed by atoms with Gasteiger partial charge in [0.25, 0.3) is 0 Å². The van der Waals surface area contributed by atoms with Crippen LogP contribution in [-0.4, -0.2) is 12.1 Å². The van der Waals surface area contributed by atoms with Crippen molar-refractivity contribution in [3.63, 3.8) is 0 Å². The maximum Gasteiger partial charge on any atom is 0.118 e. The summed E-state index contributed by atoms with van der Waals surface area (Å²) in [6, 6.07) is 14.6. The predicted molar refractivity (Wildman–Crippen MR) is 83.3 cm³/mol. The molecule has 0 bridgehead atoms. The van der Waals surface area contributed by atoms with Crippen LogP contribution in [0.5, 0.6) is 5.75 Å². The highest BCUT2D eigenvalue weighted by Crippen LogP contribution is 2.37. The van der Waals surface area contributed by atoms with Crippen molar-refractivity contribution in [2.75, 3.05) is 7.11 Å². The van der Waals surface area contributed by atoms with Crippen molar-refractivity contribution < 1.29 is 4.74 Å². The van der Waals surface area contributed by atoms with E-state index in [-0.39, 0.29) is 0 Å². The van der Waals surface area contributed by atoms with Crippen LogP contribution in [0.2, 0.25) is 0 Å². The number of nitrogens with zero attached hydrogens (tertiary/aromatic N) is 1. The molecule has 2 nitrogen and oxygen atoms in total. The summed E-state index contributed by atoms with van der Waals surface area (Å²) in [5.41, 5.74) is 2.56. The highest BCUT2D eigenvalue weighted by molar-refractivity contribution is 5.31. The van der Waals surface area contributed by atoms with Crippen LogP contribution in [-0.2, 0) is 0 Å². The van der Waals surface area contributed by atoms with Crippen LogP contribution in [0, 0.1) is 0 Å². The predicted octanol–water partition coefficient (Wildman–Crippen LogP) is 4.78. The molecule has 0 saturated heterocycles. The summed E-state index contributed by atoms with van der Waals surface area (Å²) in [4.78, 5) is 4.55. The number of methoxy groups -OCH3 is 1. The average molecular weight is 269 g/mol. The Kier molecular flexibility index (Phi) is 5.16. The number of hydrogen-bond acceptors (Lipinski definition) is 2. The van der Waals surface area contributed by atoms with Crippen LogP contribution in [0.1, 0.15) is 49.8 Å². The lowest BCUT2D eigenvalue weighted by Gasteiger charge is -2.25. The molecular weight excluding hydrogens is 246 g/mol. The molecule has 0 fully saturated rings. The summed E-state index contributed by atoms with van der Waals surface area (Å²) < 4.78 is 5.24. The second-order valence-electron chi connectivity index (χ2n) is 5.06. The Hall–Kier alpha value is -1.83. The van der Waals surface area contributed by atoms with Crippen molar-refractivity contribution in [2.45, 2.75) is 38.5 Å². The number of ether oxygens (including phenoxy) is 1. The van der Waals surface area contributed by atoms with E-state index in [2.05, 4.69) is 43.1 Å². The van der Waals surface area contributed by atoms with E-state index in [4.69, 9.17) is 4.74 Å². The Bertz CT molecular complexity index is 507. The molecule has 0 unspecified atom stereocenters. The highest BCUT2D eigenvalue weighted by atomic mass is 16.5. The summed E-state index contributed by atoms with van der Waals surface area (Å²) in [7, 11) is 1.70. The summed E-state index contributed by atoms with van der Waals surface area (Å²) in [6.45, 7) is 4.49. The lowest BCUT2D eigenvalue weighted by atomic mass is 9.80. The third-order valence-electron chi connectivity index (χ3n) is 3.98. The van der Waals surface area contributed by atoms with Gasteiger partial charge in [0.15, 0.2) is 0 Å². The molecule has 0 radical (unpaired) electrons. The zero-order chi connectivity index (χ0) is 14.4. The van der Waals surface area contributed by atoms with Crippen molar-refractivity contribution in [1.82, 2.24) is 4.98 Å². The SMILES string of the molecule is CC[C@H](c1ccc(OC)cc1)[C@@H](CC)c1ccccn1. The van der Waals surface area contributed by atoms with Crippen molar-refractivity contribution in [3.8, 4) is 5.75 Å². The van der Waals surface area contributed by atoms with E-state index >= 15 is 0 Å². The van der Waals surface area contributed by atoms with Gasteiger partial charge in [0, 0.05) is 17.8 Å². The van der Waals surface area contributed by atoms with E-state index in [1.807, 2.05) is 24.4 Å². The van der Waals surface area contributed by atoms with Gasteiger partial charge in [0.2, 0.25) is 0 Å². The fourth-order valence-electron chi connectivity index (χ4n) is 2.90. The van der Waals surface area contributed by atoms with Crippen LogP contribution in [0.15, 0.2) is 48.7 Å². The molecule has 0 aliphatic carbocycles. The first-order valence-corrected chi connectivity index (χ1v) is 7.35. The fourth-order valence-corrected chi connectivity index (χ4v) is 2.90. The van der Waals surface area contributed by atoms with Gasteiger partial charge in [-0.25, -0.2) is 0 Å². The van der Waals surface area contributed by atoms with Gasteiger partial charge in [-0.3, -0.25) is 4.98 Å². The van der Waals surface area contributed by atoms with Gasteiger partial charge < -0.3 is 4.74 Å². The zero-order valence-corrected chi connectivity index (χ0v) is 12.5. The molecule has 0 amide bonds. The maximum atomic E-state index is 5.24. The van der Waals surface area contributed by atoms with Crippen LogP contribution in [0.3, 0.4) is 0 Å². The van der Waals surface area contributed by atoms with Crippen molar-refractivity contribution in [2.24, 2.45) is 0 Å². The van der Waals surface area contributed by atoms with Crippen LogP contribution < -0.4 is 4.74 Å². The summed E-state index contributed by atoms with van der Waals surface area (Å²) in [5.74, 6) is 1.88. The van der Waals surface area contributed by atoms with Gasteiger partial charge in [-0.15, -0.1) is 0 Å². The van der Waals surface area contributed by atoms with E-state index < -0.39 is 0 Å². The molecule has 2 rings (SSSR count). The molecule has 20 heavy (non-hydrogen) atoms. The Morgan fingerprint density at radius 1 is 0.950 bits per heavy atom. The highest BCUT2D eigenvalue weighted by Gasteiger charge is 2.22. The van der Waals surface area contributed by atoms with E-state index in [0.717, 1.165) is 18.6 Å². The molecule has 1 heterocycles. The zero-order valence-electron chi connectivity index (χ0n) is 12.5. The van der Waals surface area contributed by atoms with Crippen molar-refractivity contribution >= 4 is 0 Å². The molecule has 1 aromatic heterocycles. The second kappa shape index (κ2) is 7.09. The fraction of sp³-hybridized carbons (Fsp3) is 0.389. The molecule has 1 aromatic carbocycles. The number of rotatable bonds is 6. The molecule has 0 saturated carbocycles. The minimum atomic E-state index is 0.467. The lowest BCUT2D eigenvalue weighted by molar-refractivity contribution is 0.414. The lowest BCUT2D eigenvalue weighted by Crippen LogP contribution is -2.11. The number of benzene rings is 1. The largest absolute Gasteiger partial charge is 0.497 e. The van der Waals surface area contributed by atoms with Crippen LogP contribution in [0.4, 0.5) is 0 Å². The van der Waals surface area contributed by atoms with E-state index in [1.54, 1.807) is 7.11 Å². The third-order valence-corrected chi connectivity index (χ3v) is 3.98. The monoisotopic (exact) mass is 269 g/mol. The molecule has 106 valence electrons. The Morgan fingerprint density at radius 3 is 2.15 bits per heavy atom. The van der Waals surface area contributed by atoms with Gasteiger partial charge in [0.05, 0.1) is 7.11 Å². The van der Waals surface area contributed by atoms with Crippen LogP contribution in [0.25, 0.3) is 0 Å². The third kappa shape index (κ3) is 3.19. The first-order valence-electron chi connectivity index (χ1n) is 7.35. The van der Waals surface area contributed by atoms with E-state index in [1.165, 1.54) is 11.3 Å². The van der Waals surface area contributed by atoms with Gasteiger partial charge in [0.1, 0.15) is 5.75 Å². The normalized spacial score (nSPS) is 13.8. The first-order chi connectivity index (χ1) is 9.80. The quantitative estimate of drug-likeness (QED) is 0.753. The average Bonchev–Trinajstić information content (AvgIpc) is 2.53. The molecule has 0 spiro atoms. The molecule has 0 aliphatic rings. The van der Waals surface area contributed by atoms with Gasteiger partial charge in [-0.2, -0.15) is 0 Å². The molecule has 2 heteroatoms. The van der Waals surface area contributed by atoms with Gasteiger partial charge >= 0.3 is 0 Å². The summed E-state index contributed by atoms with van der Waals surface area (Å²) in [5, 5.41) is 0. The number of hydrogen-bond donors (Lipinski definition) is 0. The number of pyridine rings is 1. The molecule has 0 aliphatic heterocycles. The summed E-state index contributed by atoms with van der Waals surface area (Å²) in [6.07, 6.45) is 4.10. The number of aromatic nitrogens is 1. The molecular formula is C18H23NO. The molecule has 2 aromatic rings. The van der Waals surface area contributed by atoms with E-state index in [0.29, 0.717) is 11.8 Å². The standard InChI is InChI=1S/C18H23NO/c1-4-16(14-9-11-15(20-3)12-10-14)17(5-2)18-8-6-7-13-19-18/h6-13,16-17H,4-5H2,1-3H3/t16-,17-/m1/s1. The van der Waals surface area contributed by atoms with E-state index in [9.17, 15) is 0 Å². The Labute approximate surface area is 121 Å². The minimum absolute atomic E-state index is 0.467.